The molecule has 4 rings (SSSR count). The van der Waals surface area contributed by atoms with Crippen molar-refractivity contribution in [3.8, 4) is 22.6 Å². The van der Waals surface area contributed by atoms with Gasteiger partial charge in [-0.25, -0.2) is 13.2 Å². The van der Waals surface area contributed by atoms with Gasteiger partial charge < -0.3 is 24.8 Å². The maximum Gasteiger partial charge on any atom is 0.321 e. The molecular formula is C29H35N3O6S. The Morgan fingerprint density at radius 1 is 1.15 bits per heavy atom. The van der Waals surface area contributed by atoms with E-state index in [1.807, 2.05) is 49.4 Å². The molecule has 1 aliphatic heterocycles. The normalized spacial score (nSPS) is 19.5. The van der Waals surface area contributed by atoms with Gasteiger partial charge in [-0.3, -0.25) is 0 Å². The minimum Gasteiger partial charge on any atom is -0.496 e. The molecule has 0 saturated carbocycles. The molecule has 0 aromatic heterocycles. The fourth-order valence-electron chi connectivity index (χ4n) is 4.59. The number of benzene rings is 3. The fourth-order valence-corrected chi connectivity index (χ4v) is 6.41. The Bertz CT molecular complexity index is 1400. The summed E-state index contributed by atoms with van der Waals surface area (Å²) in [4.78, 5) is 14.5. The number of amides is 2. The van der Waals surface area contributed by atoms with Gasteiger partial charge in [-0.2, -0.15) is 4.31 Å². The van der Waals surface area contributed by atoms with Gasteiger partial charge in [0, 0.05) is 36.8 Å². The fraction of sp³-hybridized carbons (Fsp3) is 0.345. The zero-order valence-electron chi connectivity index (χ0n) is 22.6. The average molecular weight is 554 g/mol. The van der Waals surface area contributed by atoms with E-state index in [-0.39, 0.29) is 42.3 Å². The molecule has 9 nitrogen and oxygen atoms in total. The van der Waals surface area contributed by atoms with Crippen LogP contribution in [0.5, 0.6) is 11.5 Å². The number of anilines is 1. The number of sulfonamides is 1. The molecule has 0 spiro atoms. The molecule has 0 unspecified atom stereocenters. The van der Waals surface area contributed by atoms with Crippen molar-refractivity contribution >= 4 is 21.7 Å². The minimum atomic E-state index is -3.99. The van der Waals surface area contributed by atoms with Gasteiger partial charge in [0.25, 0.3) is 0 Å². The summed E-state index contributed by atoms with van der Waals surface area (Å²) in [6, 6.07) is 20.6. The third-order valence-electron chi connectivity index (χ3n) is 6.91. The molecule has 2 amide bonds. The third-order valence-corrected chi connectivity index (χ3v) is 8.93. The number of nitrogens with one attached hydrogen (secondary N) is 1. The Morgan fingerprint density at radius 3 is 2.54 bits per heavy atom. The molecule has 39 heavy (non-hydrogen) atoms. The van der Waals surface area contributed by atoms with Gasteiger partial charge in [0.1, 0.15) is 22.5 Å². The number of methoxy groups -OCH3 is 1. The summed E-state index contributed by atoms with van der Waals surface area (Å²) in [5.41, 5.74) is 2.18. The van der Waals surface area contributed by atoms with Crippen LogP contribution in [0.15, 0.2) is 77.7 Å². The maximum atomic E-state index is 13.8. The molecule has 0 fully saturated rings. The van der Waals surface area contributed by atoms with Crippen LogP contribution in [0.25, 0.3) is 11.1 Å². The quantitative estimate of drug-likeness (QED) is 0.452. The third kappa shape index (κ3) is 6.19. The number of hydrogen-bond donors (Lipinski definition) is 2. The predicted octanol–water partition coefficient (Wildman–Crippen LogP) is 4.29. The Kier molecular flexibility index (Phi) is 8.79. The van der Waals surface area contributed by atoms with Crippen LogP contribution < -0.4 is 14.8 Å². The van der Waals surface area contributed by atoms with E-state index in [1.165, 1.54) is 15.3 Å². The van der Waals surface area contributed by atoms with Crippen LogP contribution in [0, 0.1) is 5.92 Å². The predicted molar refractivity (Wildman–Crippen MR) is 151 cm³/mol. The van der Waals surface area contributed by atoms with E-state index in [1.54, 1.807) is 45.3 Å². The highest BCUT2D eigenvalue weighted by atomic mass is 32.2. The van der Waals surface area contributed by atoms with Gasteiger partial charge in [0.05, 0.1) is 20.3 Å². The zero-order valence-corrected chi connectivity index (χ0v) is 23.4. The number of fused-ring (bicyclic) bond motifs is 1. The maximum absolute atomic E-state index is 13.8. The second kappa shape index (κ2) is 12.1. The highest BCUT2D eigenvalue weighted by Crippen LogP contribution is 2.38. The molecule has 1 aliphatic rings. The van der Waals surface area contributed by atoms with E-state index >= 15 is 0 Å². The number of para-hydroxylation sites is 2. The number of urea groups is 1. The number of likely N-dealkylation sites (N-methyl/N-ethyl adjacent to an activating group) is 1. The van der Waals surface area contributed by atoms with Gasteiger partial charge in [-0.1, -0.05) is 49.4 Å². The number of nitrogens with zero attached hydrogens (tertiary/aromatic N) is 2. The van der Waals surface area contributed by atoms with Crippen LogP contribution in [0.4, 0.5) is 10.5 Å². The lowest BCUT2D eigenvalue weighted by atomic mass is 10.0. The number of hydrogen-bond acceptors (Lipinski definition) is 6. The molecule has 0 saturated heterocycles. The first kappa shape index (κ1) is 28.4. The smallest absolute Gasteiger partial charge is 0.321 e. The Balaban J connectivity index is 1.72. The Hall–Kier alpha value is -3.60. The van der Waals surface area contributed by atoms with Gasteiger partial charge >= 0.3 is 6.03 Å². The molecule has 10 heteroatoms. The van der Waals surface area contributed by atoms with Crippen molar-refractivity contribution in [3.63, 3.8) is 0 Å². The Morgan fingerprint density at radius 2 is 1.85 bits per heavy atom. The second-order valence-electron chi connectivity index (χ2n) is 9.78. The number of carbonyl (C=O) groups excluding carboxylic acids is 1. The van der Waals surface area contributed by atoms with Crippen molar-refractivity contribution in [1.82, 2.24) is 9.21 Å². The molecule has 3 atom stereocenters. The summed E-state index contributed by atoms with van der Waals surface area (Å²) in [5.74, 6) is 0.523. The van der Waals surface area contributed by atoms with Gasteiger partial charge in [-0.05, 0) is 42.8 Å². The van der Waals surface area contributed by atoms with Crippen molar-refractivity contribution < 1.29 is 27.8 Å². The van der Waals surface area contributed by atoms with Crippen LogP contribution in [-0.2, 0) is 10.0 Å². The topological polar surface area (TPSA) is 108 Å². The second-order valence-corrected chi connectivity index (χ2v) is 11.6. The van der Waals surface area contributed by atoms with Gasteiger partial charge in [0.15, 0.2) is 0 Å². The van der Waals surface area contributed by atoms with E-state index in [4.69, 9.17) is 9.47 Å². The molecule has 208 valence electrons. The molecular weight excluding hydrogens is 518 g/mol. The largest absolute Gasteiger partial charge is 0.496 e. The molecule has 0 bridgehead atoms. The molecule has 3 aromatic carbocycles. The van der Waals surface area contributed by atoms with Crippen molar-refractivity contribution in [2.75, 3.05) is 39.2 Å². The van der Waals surface area contributed by atoms with Crippen molar-refractivity contribution in [3.05, 3.63) is 72.8 Å². The lowest BCUT2D eigenvalue weighted by molar-refractivity contribution is 0.0830. The minimum absolute atomic E-state index is 0.00902. The number of aliphatic hydroxyl groups excluding tert-OH is 1. The summed E-state index contributed by atoms with van der Waals surface area (Å²) < 4.78 is 40.8. The van der Waals surface area contributed by atoms with Crippen molar-refractivity contribution in [2.45, 2.75) is 30.9 Å². The van der Waals surface area contributed by atoms with E-state index in [0.29, 0.717) is 11.4 Å². The van der Waals surface area contributed by atoms with Crippen molar-refractivity contribution in [2.24, 2.45) is 5.92 Å². The molecule has 0 radical (unpaired) electrons. The monoisotopic (exact) mass is 553 g/mol. The van der Waals surface area contributed by atoms with E-state index < -0.39 is 22.2 Å². The van der Waals surface area contributed by atoms with Gasteiger partial charge in [-0.15, -0.1) is 0 Å². The summed E-state index contributed by atoms with van der Waals surface area (Å²) >= 11 is 0. The van der Waals surface area contributed by atoms with Gasteiger partial charge in [0.2, 0.25) is 10.0 Å². The average Bonchev–Trinajstić information content (AvgIpc) is 2.94. The van der Waals surface area contributed by atoms with Crippen LogP contribution in [0.3, 0.4) is 0 Å². The molecule has 0 aliphatic carbocycles. The summed E-state index contributed by atoms with van der Waals surface area (Å²) in [7, 11) is -0.737. The summed E-state index contributed by atoms with van der Waals surface area (Å²) in [5, 5.41) is 12.7. The summed E-state index contributed by atoms with van der Waals surface area (Å²) in [6.07, 6.45) is -0.535. The highest BCUT2D eigenvalue weighted by Gasteiger charge is 2.38. The standard InChI is InChI=1S/C29H35N3O6S/c1-20-17-32(21(2)19-33)39(35,36)28-15-14-22(24-12-8-9-13-25(24)37-4)16-26(28)38-27(20)18-31(3)29(34)30-23-10-6-5-7-11-23/h5-16,20-21,27,33H,17-19H2,1-4H3,(H,30,34)/t20-,21+,27+/m0/s1. The first-order valence-electron chi connectivity index (χ1n) is 12.8. The SMILES string of the molecule is COc1ccccc1-c1ccc2c(c1)O[C@H](CN(C)C(=O)Nc1ccccc1)[C@@H](C)CN([C@H](C)CO)S2(=O)=O. The Labute approximate surface area is 230 Å². The lowest BCUT2D eigenvalue weighted by Gasteiger charge is -2.37. The van der Waals surface area contributed by atoms with Crippen LogP contribution in [0.2, 0.25) is 0 Å². The molecule has 1 heterocycles. The number of ether oxygens (including phenoxy) is 2. The van der Waals surface area contributed by atoms with E-state index in [2.05, 4.69) is 5.32 Å². The first-order chi connectivity index (χ1) is 18.6. The van der Waals surface area contributed by atoms with Crippen LogP contribution >= 0.6 is 0 Å². The number of rotatable bonds is 7. The number of aliphatic hydroxyl groups is 1. The van der Waals surface area contributed by atoms with E-state index in [0.717, 1.165) is 11.1 Å². The lowest BCUT2D eigenvalue weighted by Crippen LogP contribution is -2.50. The van der Waals surface area contributed by atoms with Crippen LogP contribution in [-0.4, -0.2) is 74.8 Å². The highest BCUT2D eigenvalue weighted by molar-refractivity contribution is 7.89. The van der Waals surface area contributed by atoms with Crippen molar-refractivity contribution in [1.29, 1.82) is 0 Å². The molecule has 3 aromatic rings. The van der Waals surface area contributed by atoms with E-state index in [9.17, 15) is 18.3 Å². The van der Waals surface area contributed by atoms with Crippen LogP contribution in [0.1, 0.15) is 13.8 Å². The molecule has 2 N–H and O–H groups in total. The summed E-state index contributed by atoms with van der Waals surface area (Å²) in [6.45, 7) is 3.56. The first-order valence-corrected chi connectivity index (χ1v) is 14.2. The zero-order chi connectivity index (χ0) is 28.2. The number of carbonyl (C=O) groups is 1.